The number of carbonyl (C=O) groups is 1. The van der Waals surface area contributed by atoms with Crippen molar-refractivity contribution in [1.29, 1.82) is 10.5 Å². The topological polar surface area (TPSA) is 156 Å². The van der Waals surface area contributed by atoms with Gasteiger partial charge in [0.25, 0.3) is 11.8 Å². The second-order valence-corrected chi connectivity index (χ2v) is 16.1. The molecule has 2 atom stereocenters. The number of halogens is 4. The summed E-state index contributed by atoms with van der Waals surface area (Å²) in [5.74, 6) is -3.77. The number of anilines is 3. The fraction of sp³-hybridized carbons (Fsp3) is 0.576. The van der Waals surface area contributed by atoms with Crippen molar-refractivity contribution in [3.63, 3.8) is 0 Å². The molecule has 3 aromatic rings. The molecule has 1 amide bonds. The Balaban J connectivity index is 1.19. The minimum atomic E-state index is -3.37. The summed E-state index contributed by atoms with van der Waals surface area (Å²) < 4.78 is 53.3. The highest BCUT2D eigenvalue weighted by Gasteiger charge is 2.53. The molecular weight excluding hydrogens is 707 g/mol. The zero-order valence-electron chi connectivity index (χ0n) is 28.1. The van der Waals surface area contributed by atoms with Crippen LogP contribution in [0.5, 0.6) is 6.01 Å². The summed E-state index contributed by atoms with van der Waals surface area (Å²) in [6, 6.07) is 4.31. The molecule has 3 saturated heterocycles. The Morgan fingerprint density at radius 3 is 2.55 bits per heavy atom. The Bertz CT molecular complexity index is 2030. The highest BCUT2D eigenvalue weighted by atomic mass is 35.5. The van der Waals surface area contributed by atoms with Crippen molar-refractivity contribution in [3.05, 3.63) is 38.0 Å². The van der Waals surface area contributed by atoms with Gasteiger partial charge in [-0.25, -0.2) is 13.2 Å². The summed E-state index contributed by atoms with van der Waals surface area (Å²) in [5, 5.41) is 25.1. The van der Waals surface area contributed by atoms with Gasteiger partial charge in [-0.05, 0) is 37.8 Å². The first-order valence-corrected chi connectivity index (χ1v) is 18.0. The lowest BCUT2D eigenvalue weighted by Gasteiger charge is -2.49. The Labute approximate surface area is 300 Å². The van der Waals surface area contributed by atoms with Gasteiger partial charge >= 0.3 is 6.01 Å². The second kappa shape index (κ2) is 11.9. The Kier molecular flexibility index (Phi) is 7.86. The molecule has 5 aliphatic rings. The van der Waals surface area contributed by atoms with Gasteiger partial charge in [0, 0.05) is 50.4 Å². The van der Waals surface area contributed by atoms with Gasteiger partial charge in [-0.2, -0.15) is 25.6 Å². The van der Waals surface area contributed by atoms with Gasteiger partial charge in [0.2, 0.25) is 0 Å². The van der Waals surface area contributed by atoms with Crippen LogP contribution in [-0.2, 0) is 24.9 Å². The third-order valence-electron chi connectivity index (χ3n) is 11.0. The number of carbonyl (C=O) groups excluding carboxylic acids is 1. The van der Waals surface area contributed by atoms with Crippen molar-refractivity contribution in [2.24, 2.45) is 0 Å². The number of nitrogen functional groups attached to an aromatic ring is 1. The Morgan fingerprint density at radius 1 is 1.12 bits per heavy atom. The quantitative estimate of drug-likeness (QED) is 0.393. The largest absolute Gasteiger partial charge is 0.461 e. The molecule has 0 bridgehead atoms. The van der Waals surface area contributed by atoms with Crippen LogP contribution in [-0.4, -0.2) is 107 Å². The fourth-order valence-corrected chi connectivity index (χ4v) is 10.1. The molecule has 1 aliphatic carbocycles. The molecule has 0 aromatic carbocycles. The van der Waals surface area contributed by atoms with Crippen LogP contribution < -0.4 is 20.3 Å². The molecule has 3 fully saturated rings. The molecule has 8 rings (SSSR count). The summed E-state index contributed by atoms with van der Waals surface area (Å²) >= 11 is 8.07. The van der Waals surface area contributed by atoms with Gasteiger partial charge in [-0.3, -0.25) is 14.4 Å². The van der Waals surface area contributed by atoms with Gasteiger partial charge in [0.1, 0.15) is 42.0 Å². The first kappa shape index (κ1) is 33.8. The molecule has 1 spiro atoms. The van der Waals surface area contributed by atoms with Gasteiger partial charge < -0.3 is 25.2 Å². The first-order chi connectivity index (χ1) is 24.3. The number of nitrogens with zero attached hydrogens (tertiary/aromatic N) is 10. The molecule has 0 unspecified atom stereocenters. The molecule has 0 saturated carbocycles. The minimum absolute atomic E-state index is 0.0319. The van der Waals surface area contributed by atoms with Gasteiger partial charge in [0.05, 0.1) is 34.9 Å². The fourth-order valence-electron chi connectivity index (χ4n) is 8.70. The molecule has 13 nitrogen and oxygen atoms in total. The van der Waals surface area contributed by atoms with E-state index in [4.69, 9.17) is 27.1 Å². The van der Waals surface area contributed by atoms with Crippen molar-refractivity contribution < 1.29 is 22.7 Å². The van der Waals surface area contributed by atoms with Crippen LogP contribution in [0.1, 0.15) is 63.4 Å². The highest BCUT2D eigenvalue weighted by Crippen LogP contribution is 2.53. The number of ether oxygens (including phenoxy) is 1. The van der Waals surface area contributed by atoms with E-state index >= 15 is 8.78 Å². The number of nitriles is 2. The van der Waals surface area contributed by atoms with E-state index in [0.717, 1.165) is 47.4 Å². The van der Waals surface area contributed by atoms with Crippen LogP contribution >= 0.6 is 22.9 Å². The van der Waals surface area contributed by atoms with Crippen molar-refractivity contribution in [2.75, 3.05) is 69.0 Å². The molecule has 51 heavy (non-hydrogen) atoms. The number of aryl methyl sites for hydroxylation is 1. The first-order valence-electron chi connectivity index (χ1n) is 16.8. The van der Waals surface area contributed by atoms with Crippen LogP contribution in [0.25, 0.3) is 0 Å². The highest BCUT2D eigenvalue weighted by molar-refractivity contribution is 7.16. The predicted molar refractivity (Wildman–Crippen MR) is 182 cm³/mol. The van der Waals surface area contributed by atoms with Gasteiger partial charge in [0.15, 0.2) is 17.3 Å². The number of rotatable bonds is 6. The van der Waals surface area contributed by atoms with E-state index < -0.39 is 36.6 Å². The number of aromatic nitrogens is 4. The Hall–Kier alpha value is -4.32. The number of amides is 1. The van der Waals surface area contributed by atoms with Crippen molar-refractivity contribution in [1.82, 2.24) is 29.5 Å². The summed E-state index contributed by atoms with van der Waals surface area (Å²) in [4.78, 5) is 29.7. The average molecular weight is 742 g/mol. The number of hydrogen-bond donors (Lipinski definition) is 1. The van der Waals surface area contributed by atoms with E-state index in [2.05, 4.69) is 27.1 Å². The van der Waals surface area contributed by atoms with E-state index in [1.807, 2.05) is 4.90 Å². The zero-order chi connectivity index (χ0) is 36.0. The van der Waals surface area contributed by atoms with E-state index in [9.17, 15) is 19.7 Å². The molecule has 3 aromatic heterocycles. The number of thiophene rings is 1. The minimum Gasteiger partial charge on any atom is -0.461 e. The molecule has 7 heterocycles. The van der Waals surface area contributed by atoms with Crippen LogP contribution in [0.4, 0.5) is 29.8 Å². The normalized spacial score (nSPS) is 24.4. The molecule has 4 aliphatic heterocycles. The molecular formula is C33H35ClF3N11O2S. The van der Waals surface area contributed by atoms with Gasteiger partial charge in [-0.1, -0.05) is 11.6 Å². The van der Waals surface area contributed by atoms with Crippen molar-refractivity contribution in [3.8, 4) is 18.1 Å². The zero-order valence-corrected chi connectivity index (χ0v) is 29.6. The number of hydrogen-bond acceptors (Lipinski definition) is 12. The molecule has 2 N–H and O–H groups in total. The maximum absolute atomic E-state index is 15.7. The lowest BCUT2D eigenvalue weighted by molar-refractivity contribution is -0.00846. The van der Waals surface area contributed by atoms with Crippen LogP contribution in [0.2, 0.25) is 5.02 Å². The number of alkyl halides is 3. The maximum atomic E-state index is 15.7. The monoisotopic (exact) mass is 741 g/mol. The standard InChI is InChI=1S/C33H35ClF3N11O2S/c1-44(2)29(49)25-24(34)21-12-45(15-33(36,37)16-48(21)43-25)27-20(10-39)28(42-30(41-27)50-17-32-5-3-7-47(32)11-18(35)8-32)46-13-31(14-46)6-4-22-23(31)19(9-38)26(40)51-22/h18H,3-8,11-17,40H2,1-2H3/t18-,32+/m1/s1. The lowest BCUT2D eigenvalue weighted by Crippen LogP contribution is -2.59. The molecule has 268 valence electrons. The summed E-state index contributed by atoms with van der Waals surface area (Å²) in [5.41, 5.74) is 6.69. The predicted octanol–water partition coefficient (Wildman–Crippen LogP) is 3.73. The van der Waals surface area contributed by atoms with E-state index in [0.29, 0.717) is 36.6 Å². The lowest BCUT2D eigenvalue weighted by atomic mass is 9.74. The summed E-state index contributed by atoms with van der Waals surface area (Å²) in [7, 11) is 3.02. The van der Waals surface area contributed by atoms with E-state index in [1.165, 1.54) is 35.2 Å². The smallest absolute Gasteiger partial charge is 0.320 e. The average Bonchev–Trinajstić information content (AvgIpc) is 3.82. The van der Waals surface area contributed by atoms with Crippen LogP contribution in [0.3, 0.4) is 0 Å². The van der Waals surface area contributed by atoms with E-state index in [-0.39, 0.29) is 58.2 Å². The number of fused-ring (bicyclic) bond motifs is 4. The van der Waals surface area contributed by atoms with E-state index in [1.54, 1.807) is 0 Å². The number of nitrogens with two attached hydrogens (primary N) is 1. The van der Waals surface area contributed by atoms with Crippen LogP contribution in [0.15, 0.2) is 0 Å². The maximum Gasteiger partial charge on any atom is 0.320 e. The van der Waals surface area contributed by atoms with Crippen LogP contribution in [0, 0.1) is 22.7 Å². The third-order valence-corrected chi connectivity index (χ3v) is 12.5. The van der Waals surface area contributed by atoms with Crippen molar-refractivity contribution in [2.45, 2.75) is 68.2 Å². The third kappa shape index (κ3) is 5.35. The Morgan fingerprint density at radius 2 is 1.84 bits per heavy atom. The summed E-state index contributed by atoms with van der Waals surface area (Å²) in [6.07, 6.45) is 2.52. The second-order valence-electron chi connectivity index (χ2n) is 14.6. The SMILES string of the molecule is CN(C)C(=O)c1nn2c(c1Cl)CN(c1nc(OC[C@@]34CCCN3C[C@H](F)C4)nc(N3CC4(CCc5sc(N)c(C#N)c54)C3)c1C#N)CC(F)(F)C2. The summed E-state index contributed by atoms with van der Waals surface area (Å²) in [6.45, 7) is 0.0918. The molecule has 0 radical (unpaired) electrons. The van der Waals surface area contributed by atoms with Crippen molar-refractivity contribution >= 4 is 45.5 Å². The van der Waals surface area contributed by atoms with Gasteiger partial charge in [-0.15, -0.1) is 11.3 Å². The molecule has 18 heteroatoms.